The number of likely N-dealkylation sites (tertiary alicyclic amines) is 1. The highest BCUT2D eigenvalue weighted by molar-refractivity contribution is 6.30. The van der Waals surface area contributed by atoms with Gasteiger partial charge in [-0.3, -0.25) is 4.79 Å². The van der Waals surface area contributed by atoms with E-state index in [0.29, 0.717) is 47.9 Å². The predicted octanol–water partition coefficient (Wildman–Crippen LogP) is 3.56. The molecule has 2 aromatic rings. The fourth-order valence-corrected chi connectivity index (χ4v) is 4.00. The van der Waals surface area contributed by atoms with Crippen LogP contribution in [0.1, 0.15) is 28.8 Å². The van der Waals surface area contributed by atoms with Crippen molar-refractivity contribution in [3.8, 4) is 0 Å². The lowest BCUT2D eigenvalue weighted by atomic mass is 9.73. The number of anilines is 2. The summed E-state index contributed by atoms with van der Waals surface area (Å²) in [7, 11) is 0. The summed E-state index contributed by atoms with van der Waals surface area (Å²) in [5, 5.41) is 15.5. The summed E-state index contributed by atoms with van der Waals surface area (Å²) in [6.45, 7) is 0.785. The first-order chi connectivity index (χ1) is 13.4. The van der Waals surface area contributed by atoms with Gasteiger partial charge in [0, 0.05) is 29.5 Å². The summed E-state index contributed by atoms with van der Waals surface area (Å²) in [4.78, 5) is 38.2. The SMILES string of the molecule is O=C(O)c1ccc2c(c1)C1(CCN(C(=O)Nc3ccc(Cl)cc3)CC1)C(=O)N2. The molecule has 0 saturated carbocycles. The Morgan fingerprint density at radius 1 is 1.11 bits per heavy atom. The van der Waals surface area contributed by atoms with E-state index in [2.05, 4.69) is 10.6 Å². The maximum Gasteiger partial charge on any atom is 0.335 e. The van der Waals surface area contributed by atoms with Gasteiger partial charge in [0.25, 0.3) is 0 Å². The number of nitrogens with zero attached hydrogens (tertiary/aromatic N) is 1. The average Bonchev–Trinajstić information content (AvgIpc) is 2.95. The van der Waals surface area contributed by atoms with Crippen molar-refractivity contribution in [1.82, 2.24) is 4.90 Å². The normalized spacial score (nSPS) is 17.2. The van der Waals surface area contributed by atoms with Crippen molar-refractivity contribution in [2.24, 2.45) is 0 Å². The van der Waals surface area contributed by atoms with Crippen molar-refractivity contribution in [1.29, 1.82) is 0 Å². The summed E-state index contributed by atoms with van der Waals surface area (Å²) in [6.07, 6.45) is 0.867. The van der Waals surface area contributed by atoms with Crippen LogP contribution >= 0.6 is 11.6 Å². The number of amides is 3. The van der Waals surface area contributed by atoms with Crippen LogP contribution in [0.2, 0.25) is 5.02 Å². The fourth-order valence-electron chi connectivity index (χ4n) is 3.87. The molecule has 4 rings (SSSR count). The standard InChI is InChI=1S/C20H18ClN3O4/c21-13-2-4-14(5-3-13)22-19(28)24-9-7-20(8-10-24)15-11-12(17(25)26)1-6-16(15)23-18(20)27/h1-6,11H,7-10H2,(H,22,28)(H,23,27)(H,25,26). The number of carboxylic acid groups (broad SMARTS) is 1. The van der Waals surface area contributed by atoms with E-state index in [0.717, 1.165) is 0 Å². The fraction of sp³-hybridized carbons (Fsp3) is 0.250. The van der Waals surface area contributed by atoms with Gasteiger partial charge in [-0.15, -0.1) is 0 Å². The van der Waals surface area contributed by atoms with Gasteiger partial charge in [0.15, 0.2) is 0 Å². The minimum absolute atomic E-state index is 0.136. The molecule has 2 aliphatic rings. The van der Waals surface area contributed by atoms with E-state index in [-0.39, 0.29) is 17.5 Å². The first-order valence-corrected chi connectivity index (χ1v) is 9.28. The van der Waals surface area contributed by atoms with Crippen molar-refractivity contribution in [2.75, 3.05) is 23.7 Å². The number of benzene rings is 2. The van der Waals surface area contributed by atoms with Crippen LogP contribution in [0.5, 0.6) is 0 Å². The second kappa shape index (κ2) is 6.83. The number of hydrogen-bond donors (Lipinski definition) is 3. The smallest absolute Gasteiger partial charge is 0.335 e. The van der Waals surface area contributed by atoms with E-state index in [4.69, 9.17) is 11.6 Å². The summed E-state index contributed by atoms with van der Waals surface area (Å²) >= 11 is 5.85. The zero-order chi connectivity index (χ0) is 19.9. The number of halogens is 1. The van der Waals surface area contributed by atoms with E-state index in [1.165, 1.54) is 6.07 Å². The highest BCUT2D eigenvalue weighted by atomic mass is 35.5. The van der Waals surface area contributed by atoms with Crippen LogP contribution < -0.4 is 10.6 Å². The number of carboxylic acids is 1. The molecule has 0 atom stereocenters. The molecular weight excluding hydrogens is 382 g/mol. The molecule has 3 N–H and O–H groups in total. The van der Waals surface area contributed by atoms with Gasteiger partial charge in [-0.1, -0.05) is 11.6 Å². The van der Waals surface area contributed by atoms with Crippen LogP contribution in [0.4, 0.5) is 16.2 Å². The van der Waals surface area contributed by atoms with E-state index < -0.39 is 11.4 Å². The number of nitrogens with one attached hydrogen (secondary N) is 2. The van der Waals surface area contributed by atoms with Crippen LogP contribution in [0.3, 0.4) is 0 Å². The van der Waals surface area contributed by atoms with E-state index in [1.807, 2.05) is 0 Å². The highest BCUT2D eigenvalue weighted by Crippen LogP contribution is 2.45. The zero-order valence-corrected chi connectivity index (χ0v) is 15.6. The van der Waals surface area contributed by atoms with Gasteiger partial charge >= 0.3 is 12.0 Å². The Morgan fingerprint density at radius 3 is 2.43 bits per heavy atom. The second-order valence-corrected chi connectivity index (χ2v) is 7.46. The lowest BCUT2D eigenvalue weighted by Crippen LogP contribution is -2.49. The lowest BCUT2D eigenvalue weighted by Gasteiger charge is -2.38. The number of aromatic carboxylic acids is 1. The second-order valence-electron chi connectivity index (χ2n) is 7.03. The van der Waals surface area contributed by atoms with Gasteiger partial charge in [0.2, 0.25) is 5.91 Å². The quantitative estimate of drug-likeness (QED) is 0.719. The Bertz CT molecular complexity index is 966. The average molecular weight is 400 g/mol. The first kappa shape index (κ1) is 18.3. The molecule has 0 bridgehead atoms. The monoisotopic (exact) mass is 399 g/mol. The third kappa shape index (κ3) is 3.07. The molecule has 2 aliphatic heterocycles. The highest BCUT2D eigenvalue weighted by Gasteiger charge is 2.49. The Hall–Kier alpha value is -3.06. The van der Waals surface area contributed by atoms with E-state index in [9.17, 15) is 19.5 Å². The van der Waals surface area contributed by atoms with Gasteiger partial charge in [-0.25, -0.2) is 9.59 Å². The maximum atomic E-state index is 12.7. The molecule has 2 aromatic carbocycles. The third-order valence-electron chi connectivity index (χ3n) is 5.46. The molecule has 144 valence electrons. The summed E-state index contributed by atoms with van der Waals surface area (Å²) < 4.78 is 0. The minimum Gasteiger partial charge on any atom is -0.478 e. The van der Waals surface area contributed by atoms with Gasteiger partial charge in [0.05, 0.1) is 11.0 Å². The molecule has 1 spiro atoms. The molecule has 1 saturated heterocycles. The minimum atomic E-state index is -1.03. The number of carbonyl (C=O) groups is 3. The van der Waals surface area contributed by atoms with Gasteiger partial charge in [0.1, 0.15) is 0 Å². The number of urea groups is 1. The molecule has 2 heterocycles. The predicted molar refractivity (Wildman–Crippen MR) is 105 cm³/mol. The first-order valence-electron chi connectivity index (χ1n) is 8.90. The molecule has 0 aliphatic carbocycles. The number of fused-ring (bicyclic) bond motifs is 2. The largest absolute Gasteiger partial charge is 0.478 e. The molecule has 1 fully saturated rings. The van der Waals surface area contributed by atoms with E-state index >= 15 is 0 Å². The van der Waals surface area contributed by atoms with Crippen molar-refractivity contribution in [3.05, 3.63) is 58.6 Å². The number of rotatable bonds is 2. The van der Waals surface area contributed by atoms with Crippen molar-refractivity contribution < 1.29 is 19.5 Å². The number of piperidine rings is 1. The summed E-state index contributed by atoms with van der Waals surface area (Å²) in [5.41, 5.74) is 1.35. The van der Waals surface area contributed by atoms with Crippen LogP contribution in [0.15, 0.2) is 42.5 Å². The lowest BCUT2D eigenvalue weighted by molar-refractivity contribution is -0.122. The summed E-state index contributed by atoms with van der Waals surface area (Å²) in [5.74, 6) is -1.17. The summed E-state index contributed by atoms with van der Waals surface area (Å²) in [6, 6.07) is 11.3. The van der Waals surface area contributed by atoms with Crippen molar-refractivity contribution in [3.63, 3.8) is 0 Å². The Balaban J connectivity index is 1.50. The molecular formula is C20H18ClN3O4. The Kier molecular flexibility index (Phi) is 4.47. The van der Waals surface area contributed by atoms with Crippen LogP contribution in [-0.2, 0) is 10.2 Å². The Morgan fingerprint density at radius 2 is 1.79 bits per heavy atom. The topological polar surface area (TPSA) is 98.7 Å². The molecule has 8 heteroatoms. The van der Waals surface area contributed by atoms with Crippen molar-refractivity contribution in [2.45, 2.75) is 18.3 Å². The van der Waals surface area contributed by atoms with Gasteiger partial charge < -0.3 is 20.6 Å². The van der Waals surface area contributed by atoms with Crippen molar-refractivity contribution >= 4 is 40.9 Å². The molecule has 3 amide bonds. The number of carbonyl (C=O) groups excluding carboxylic acids is 2. The Labute approximate surface area is 166 Å². The van der Waals surface area contributed by atoms with Crippen LogP contribution in [0.25, 0.3) is 0 Å². The van der Waals surface area contributed by atoms with Gasteiger partial charge in [-0.05, 0) is 60.9 Å². The van der Waals surface area contributed by atoms with E-state index in [1.54, 1.807) is 41.3 Å². The molecule has 7 nitrogen and oxygen atoms in total. The van der Waals surface area contributed by atoms with Crippen LogP contribution in [-0.4, -0.2) is 41.0 Å². The molecule has 0 aromatic heterocycles. The molecule has 0 radical (unpaired) electrons. The third-order valence-corrected chi connectivity index (χ3v) is 5.72. The molecule has 0 unspecified atom stereocenters. The van der Waals surface area contributed by atoms with Gasteiger partial charge in [-0.2, -0.15) is 0 Å². The zero-order valence-electron chi connectivity index (χ0n) is 14.9. The maximum absolute atomic E-state index is 12.7. The number of hydrogen-bond acceptors (Lipinski definition) is 3. The van der Waals surface area contributed by atoms with Crippen LogP contribution in [0, 0.1) is 0 Å². The molecule has 28 heavy (non-hydrogen) atoms.